The van der Waals surface area contributed by atoms with Gasteiger partial charge in [-0.25, -0.2) is 9.78 Å². The lowest BCUT2D eigenvalue weighted by atomic mass is 10.1. The predicted octanol–water partition coefficient (Wildman–Crippen LogP) is 4.85. The Balaban J connectivity index is 2.06. The van der Waals surface area contributed by atoms with Gasteiger partial charge in [-0.05, 0) is 47.0 Å². The van der Waals surface area contributed by atoms with Crippen molar-refractivity contribution in [3.63, 3.8) is 0 Å². The van der Waals surface area contributed by atoms with Gasteiger partial charge >= 0.3 is 5.97 Å². The number of rotatable bonds is 8. The molecule has 0 fully saturated rings. The quantitative estimate of drug-likeness (QED) is 0.471. The highest BCUT2D eigenvalue weighted by Crippen LogP contribution is 2.26. The van der Waals surface area contributed by atoms with Gasteiger partial charge in [0.2, 0.25) is 0 Å². The van der Waals surface area contributed by atoms with Crippen molar-refractivity contribution < 1.29 is 14.3 Å². The second-order valence-corrected chi connectivity index (χ2v) is 7.26. The molecule has 2 rings (SSSR count). The Labute approximate surface area is 149 Å². The van der Waals surface area contributed by atoms with Gasteiger partial charge < -0.3 is 9.47 Å². The van der Waals surface area contributed by atoms with E-state index in [1.807, 2.05) is 24.3 Å². The third kappa shape index (κ3) is 5.32. The first kappa shape index (κ1) is 17.9. The van der Waals surface area contributed by atoms with Crippen molar-refractivity contribution in [2.75, 3.05) is 13.2 Å². The van der Waals surface area contributed by atoms with Crippen LogP contribution in [0, 0.1) is 0 Å². The number of carbonyl (C=O) groups is 1. The summed E-state index contributed by atoms with van der Waals surface area (Å²) >= 11 is 4.65. The number of ether oxygens (including phenoxy) is 2. The molecule has 2 aromatic rings. The van der Waals surface area contributed by atoms with Crippen molar-refractivity contribution in [3.8, 4) is 5.75 Å². The summed E-state index contributed by atoms with van der Waals surface area (Å²) in [5.74, 6) is 0.553. The molecular formula is C17H20BrNO3S. The lowest BCUT2D eigenvalue weighted by molar-refractivity contribution is 0.0530. The van der Waals surface area contributed by atoms with Crippen molar-refractivity contribution in [2.24, 2.45) is 0 Å². The van der Waals surface area contributed by atoms with E-state index in [-0.39, 0.29) is 5.97 Å². The molecule has 0 spiro atoms. The van der Waals surface area contributed by atoms with Crippen LogP contribution in [0.4, 0.5) is 0 Å². The van der Waals surface area contributed by atoms with E-state index >= 15 is 0 Å². The van der Waals surface area contributed by atoms with Gasteiger partial charge in [-0.15, -0.1) is 0 Å². The number of benzene rings is 1. The Morgan fingerprint density at radius 2 is 2.00 bits per heavy atom. The summed E-state index contributed by atoms with van der Waals surface area (Å²) in [7, 11) is 0. The molecule has 6 heteroatoms. The van der Waals surface area contributed by atoms with Crippen LogP contribution in [0.5, 0.6) is 5.75 Å². The Morgan fingerprint density at radius 1 is 1.26 bits per heavy atom. The summed E-state index contributed by atoms with van der Waals surface area (Å²) in [6.07, 6.45) is 2.76. The fraction of sp³-hybridized carbons (Fsp3) is 0.412. The Morgan fingerprint density at radius 3 is 2.65 bits per heavy atom. The molecule has 1 aromatic carbocycles. The Kier molecular flexibility index (Phi) is 7.05. The number of carbonyl (C=O) groups excluding carboxylic acids is 1. The molecule has 0 N–H and O–H groups in total. The molecule has 1 heterocycles. The van der Waals surface area contributed by atoms with Crippen molar-refractivity contribution in [1.82, 2.24) is 4.98 Å². The first-order chi connectivity index (χ1) is 11.1. The number of aromatic nitrogens is 1. The minimum atomic E-state index is -0.315. The molecule has 0 aliphatic carbocycles. The van der Waals surface area contributed by atoms with E-state index < -0.39 is 0 Å². The van der Waals surface area contributed by atoms with Crippen LogP contribution in [-0.4, -0.2) is 24.2 Å². The van der Waals surface area contributed by atoms with Crippen molar-refractivity contribution in [1.29, 1.82) is 0 Å². The fourth-order valence-electron chi connectivity index (χ4n) is 2.03. The Hall–Kier alpha value is -1.40. The average molecular weight is 398 g/mol. The molecule has 0 aliphatic rings. The molecule has 1 aromatic heterocycles. The number of thiazole rings is 1. The van der Waals surface area contributed by atoms with E-state index in [1.54, 1.807) is 6.92 Å². The molecule has 0 aliphatic heterocycles. The molecule has 0 unspecified atom stereocenters. The highest BCUT2D eigenvalue weighted by atomic mass is 79.9. The number of nitrogens with zero attached hydrogens (tertiary/aromatic N) is 1. The molecule has 0 amide bonds. The van der Waals surface area contributed by atoms with E-state index in [0.717, 1.165) is 36.5 Å². The number of hydrogen-bond acceptors (Lipinski definition) is 5. The fourth-order valence-corrected chi connectivity index (χ4v) is 3.43. The first-order valence-corrected chi connectivity index (χ1v) is 9.29. The molecule has 23 heavy (non-hydrogen) atoms. The van der Waals surface area contributed by atoms with Crippen LogP contribution in [0.25, 0.3) is 0 Å². The average Bonchev–Trinajstić information content (AvgIpc) is 2.90. The van der Waals surface area contributed by atoms with Gasteiger partial charge in [-0.1, -0.05) is 36.8 Å². The van der Waals surface area contributed by atoms with E-state index in [2.05, 4.69) is 27.8 Å². The third-order valence-electron chi connectivity index (χ3n) is 3.19. The minimum Gasteiger partial charge on any atom is -0.494 e. The number of esters is 1. The van der Waals surface area contributed by atoms with Gasteiger partial charge in [-0.2, -0.15) is 0 Å². The molecule has 0 radical (unpaired) electrons. The first-order valence-electron chi connectivity index (χ1n) is 7.68. The van der Waals surface area contributed by atoms with Gasteiger partial charge in [0.05, 0.1) is 18.9 Å². The number of halogens is 1. The molecule has 4 nitrogen and oxygen atoms in total. The SMILES string of the molecule is CCCCOc1ccc(Cc2nc(Br)sc2C(=O)OCC)cc1. The van der Waals surface area contributed by atoms with E-state index in [0.29, 0.717) is 21.8 Å². The second kappa shape index (κ2) is 9.03. The largest absolute Gasteiger partial charge is 0.494 e. The highest BCUT2D eigenvalue weighted by Gasteiger charge is 2.18. The predicted molar refractivity (Wildman–Crippen MR) is 95.4 cm³/mol. The third-order valence-corrected chi connectivity index (χ3v) is 4.72. The summed E-state index contributed by atoms with van der Waals surface area (Å²) < 4.78 is 11.4. The van der Waals surface area contributed by atoms with Gasteiger partial charge in [0, 0.05) is 6.42 Å². The maximum Gasteiger partial charge on any atom is 0.350 e. The smallest absolute Gasteiger partial charge is 0.350 e. The van der Waals surface area contributed by atoms with Crippen molar-refractivity contribution >= 4 is 33.2 Å². The van der Waals surface area contributed by atoms with Crippen LogP contribution in [0.1, 0.15) is 47.6 Å². The molecule has 124 valence electrons. The standard InChI is InChI=1S/C17H20BrNO3S/c1-3-5-10-22-13-8-6-12(7-9-13)11-14-15(16(20)21-4-2)23-17(18)19-14/h6-9H,3-5,10-11H2,1-2H3. The van der Waals surface area contributed by atoms with Gasteiger partial charge in [0.15, 0.2) is 3.92 Å². The van der Waals surface area contributed by atoms with Gasteiger partial charge in [-0.3, -0.25) is 0 Å². The monoisotopic (exact) mass is 397 g/mol. The summed E-state index contributed by atoms with van der Waals surface area (Å²) in [5.41, 5.74) is 1.82. The molecule has 0 bridgehead atoms. The summed E-state index contributed by atoms with van der Waals surface area (Å²) in [5, 5.41) is 0. The van der Waals surface area contributed by atoms with Crippen LogP contribution in [0.2, 0.25) is 0 Å². The van der Waals surface area contributed by atoms with Crippen LogP contribution >= 0.6 is 27.3 Å². The Bertz CT molecular complexity index is 640. The normalized spacial score (nSPS) is 10.6. The summed E-state index contributed by atoms with van der Waals surface area (Å²) in [6.45, 7) is 5.03. The lowest BCUT2D eigenvalue weighted by Gasteiger charge is -2.06. The van der Waals surface area contributed by atoms with Gasteiger partial charge in [0.25, 0.3) is 0 Å². The van der Waals surface area contributed by atoms with Crippen molar-refractivity contribution in [2.45, 2.75) is 33.1 Å². The van der Waals surface area contributed by atoms with Crippen molar-refractivity contribution in [3.05, 3.63) is 44.3 Å². The van der Waals surface area contributed by atoms with Gasteiger partial charge in [0.1, 0.15) is 10.6 Å². The van der Waals surface area contributed by atoms with E-state index in [9.17, 15) is 4.79 Å². The second-order valence-electron chi connectivity index (χ2n) is 4.99. The zero-order valence-corrected chi connectivity index (χ0v) is 15.7. The maximum atomic E-state index is 12.0. The van der Waals surface area contributed by atoms with E-state index in [1.165, 1.54) is 11.3 Å². The maximum absolute atomic E-state index is 12.0. The molecule has 0 atom stereocenters. The van der Waals surface area contributed by atoms with Crippen LogP contribution in [-0.2, 0) is 11.2 Å². The zero-order valence-electron chi connectivity index (χ0n) is 13.3. The van der Waals surface area contributed by atoms with Crippen LogP contribution < -0.4 is 4.74 Å². The zero-order chi connectivity index (χ0) is 16.7. The minimum absolute atomic E-state index is 0.315. The molecule has 0 saturated heterocycles. The van der Waals surface area contributed by atoms with E-state index in [4.69, 9.17) is 9.47 Å². The topological polar surface area (TPSA) is 48.4 Å². The molecular weight excluding hydrogens is 378 g/mol. The number of unbranched alkanes of at least 4 members (excludes halogenated alkanes) is 1. The number of hydrogen-bond donors (Lipinski definition) is 0. The highest BCUT2D eigenvalue weighted by molar-refractivity contribution is 9.11. The summed E-state index contributed by atoms with van der Waals surface area (Å²) in [4.78, 5) is 16.9. The summed E-state index contributed by atoms with van der Waals surface area (Å²) in [6, 6.07) is 7.92. The molecule has 0 saturated carbocycles. The van der Waals surface area contributed by atoms with Crippen LogP contribution in [0.3, 0.4) is 0 Å². The lowest BCUT2D eigenvalue weighted by Crippen LogP contribution is -2.06. The van der Waals surface area contributed by atoms with Crippen LogP contribution in [0.15, 0.2) is 28.2 Å².